The van der Waals surface area contributed by atoms with E-state index in [1.54, 1.807) is 18.2 Å². The molecule has 3 nitrogen and oxygen atoms in total. The van der Waals surface area contributed by atoms with Crippen LogP contribution in [-0.2, 0) is 0 Å². The molecule has 0 aliphatic carbocycles. The highest BCUT2D eigenvalue weighted by Crippen LogP contribution is 2.26. The van der Waals surface area contributed by atoms with Crippen molar-refractivity contribution in [3.8, 4) is 11.8 Å². The highest BCUT2D eigenvalue weighted by Gasteiger charge is 2.29. The first-order valence-corrected chi connectivity index (χ1v) is 7.73. The van der Waals surface area contributed by atoms with Crippen molar-refractivity contribution in [2.75, 3.05) is 6.54 Å². The zero-order chi connectivity index (χ0) is 15.4. The molecule has 0 spiro atoms. The van der Waals surface area contributed by atoms with E-state index in [4.69, 9.17) is 17.3 Å². The third-order valence-corrected chi connectivity index (χ3v) is 4.28. The Kier molecular flexibility index (Phi) is 5.27. The Morgan fingerprint density at radius 1 is 1.38 bits per heavy atom. The smallest absolute Gasteiger partial charge is 0.254 e. The van der Waals surface area contributed by atoms with Gasteiger partial charge in [-0.15, -0.1) is 0 Å². The minimum atomic E-state index is 0.0509. The molecule has 2 N–H and O–H groups in total. The van der Waals surface area contributed by atoms with Crippen molar-refractivity contribution in [1.29, 1.82) is 0 Å². The van der Waals surface area contributed by atoms with E-state index in [9.17, 15) is 4.79 Å². The second kappa shape index (κ2) is 6.98. The van der Waals surface area contributed by atoms with Gasteiger partial charge in [0.05, 0.1) is 11.6 Å². The summed E-state index contributed by atoms with van der Waals surface area (Å²) in [5.74, 6) is 5.72. The van der Waals surface area contributed by atoms with Crippen molar-refractivity contribution in [1.82, 2.24) is 4.90 Å². The number of carbonyl (C=O) groups excluding carboxylic acids is 1. The Labute approximate surface area is 131 Å². The molecule has 4 heteroatoms. The SMILES string of the molecule is C[C@@H]1CCC[C@H](C)N1C(=O)c1ccc(C#CCN)c(Cl)c1. The molecule has 0 saturated carbocycles. The first kappa shape index (κ1) is 15.9. The summed E-state index contributed by atoms with van der Waals surface area (Å²) in [6.45, 7) is 4.51. The van der Waals surface area contributed by atoms with Gasteiger partial charge in [0.15, 0.2) is 0 Å². The van der Waals surface area contributed by atoms with Gasteiger partial charge >= 0.3 is 0 Å². The van der Waals surface area contributed by atoms with Gasteiger partial charge in [-0.1, -0.05) is 23.4 Å². The van der Waals surface area contributed by atoms with Crippen molar-refractivity contribution < 1.29 is 4.79 Å². The number of hydrogen-bond acceptors (Lipinski definition) is 2. The molecule has 21 heavy (non-hydrogen) atoms. The van der Waals surface area contributed by atoms with Gasteiger partial charge in [-0.2, -0.15) is 0 Å². The number of amides is 1. The molecule has 1 fully saturated rings. The van der Waals surface area contributed by atoms with E-state index in [0.29, 0.717) is 22.7 Å². The van der Waals surface area contributed by atoms with Crippen LogP contribution in [0.25, 0.3) is 0 Å². The summed E-state index contributed by atoms with van der Waals surface area (Å²) in [4.78, 5) is 14.7. The Morgan fingerprint density at radius 3 is 2.62 bits per heavy atom. The van der Waals surface area contributed by atoms with E-state index in [1.165, 1.54) is 6.42 Å². The summed E-state index contributed by atoms with van der Waals surface area (Å²) in [7, 11) is 0. The number of piperidine rings is 1. The van der Waals surface area contributed by atoms with Crippen LogP contribution >= 0.6 is 11.6 Å². The lowest BCUT2D eigenvalue weighted by Gasteiger charge is -2.39. The minimum Gasteiger partial charge on any atom is -0.333 e. The molecule has 0 aromatic heterocycles. The number of carbonyl (C=O) groups is 1. The Hall–Kier alpha value is -1.50. The van der Waals surface area contributed by atoms with Gasteiger partial charge < -0.3 is 10.6 Å². The number of halogens is 1. The normalized spacial score (nSPS) is 21.6. The van der Waals surface area contributed by atoms with Crippen molar-refractivity contribution in [2.24, 2.45) is 5.73 Å². The molecule has 0 radical (unpaired) electrons. The summed E-state index contributed by atoms with van der Waals surface area (Å²) in [6.07, 6.45) is 3.30. The minimum absolute atomic E-state index is 0.0509. The molecule has 1 aliphatic rings. The molecule has 2 rings (SSSR count). The van der Waals surface area contributed by atoms with Crippen molar-refractivity contribution in [3.63, 3.8) is 0 Å². The topological polar surface area (TPSA) is 46.3 Å². The fraction of sp³-hybridized carbons (Fsp3) is 0.471. The molecule has 1 saturated heterocycles. The van der Waals surface area contributed by atoms with E-state index in [0.717, 1.165) is 12.8 Å². The summed E-state index contributed by atoms with van der Waals surface area (Å²) in [6, 6.07) is 5.84. The van der Waals surface area contributed by atoms with Crippen LogP contribution in [0.2, 0.25) is 5.02 Å². The maximum absolute atomic E-state index is 12.7. The number of nitrogens with zero attached hydrogens (tertiary/aromatic N) is 1. The predicted molar refractivity (Wildman–Crippen MR) is 86.3 cm³/mol. The van der Waals surface area contributed by atoms with Gasteiger partial charge in [-0.25, -0.2) is 0 Å². The highest BCUT2D eigenvalue weighted by molar-refractivity contribution is 6.32. The summed E-state index contributed by atoms with van der Waals surface area (Å²) in [5.41, 5.74) is 6.69. The molecular formula is C17H21ClN2O. The predicted octanol–water partition coefficient (Wildman–Crippen LogP) is 3.05. The monoisotopic (exact) mass is 304 g/mol. The third-order valence-electron chi connectivity index (χ3n) is 3.97. The van der Waals surface area contributed by atoms with Crippen molar-refractivity contribution in [3.05, 3.63) is 34.3 Å². The van der Waals surface area contributed by atoms with E-state index in [1.807, 2.05) is 4.90 Å². The summed E-state index contributed by atoms with van der Waals surface area (Å²) in [5, 5.41) is 0.499. The largest absolute Gasteiger partial charge is 0.333 e. The fourth-order valence-electron chi connectivity index (χ4n) is 2.87. The van der Waals surface area contributed by atoms with Crippen molar-refractivity contribution in [2.45, 2.75) is 45.2 Å². The van der Waals surface area contributed by atoms with Gasteiger partial charge in [-0.05, 0) is 51.3 Å². The van der Waals surface area contributed by atoms with Crippen LogP contribution < -0.4 is 5.73 Å². The van der Waals surface area contributed by atoms with Gasteiger partial charge in [0.1, 0.15) is 0 Å². The summed E-state index contributed by atoms with van der Waals surface area (Å²) >= 11 is 6.21. The molecule has 1 aliphatic heterocycles. The van der Waals surface area contributed by atoms with E-state index in [2.05, 4.69) is 25.7 Å². The second-order valence-corrected chi connectivity index (χ2v) is 5.95. The van der Waals surface area contributed by atoms with Gasteiger partial charge in [0.2, 0.25) is 0 Å². The Morgan fingerprint density at radius 2 is 2.05 bits per heavy atom. The zero-order valence-electron chi connectivity index (χ0n) is 12.5. The first-order chi connectivity index (χ1) is 10.0. The Bertz CT molecular complexity index is 578. The van der Waals surface area contributed by atoms with Crippen LogP contribution in [0.3, 0.4) is 0 Å². The average molecular weight is 305 g/mol. The van der Waals surface area contributed by atoms with Crippen LogP contribution in [0.1, 0.15) is 49.0 Å². The molecule has 0 unspecified atom stereocenters. The maximum atomic E-state index is 12.7. The molecule has 1 aromatic rings. The highest BCUT2D eigenvalue weighted by atomic mass is 35.5. The lowest BCUT2D eigenvalue weighted by atomic mass is 9.96. The number of likely N-dealkylation sites (tertiary alicyclic amines) is 1. The third kappa shape index (κ3) is 3.58. The number of nitrogens with two attached hydrogens (primary N) is 1. The summed E-state index contributed by atoms with van der Waals surface area (Å²) < 4.78 is 0. The van der Waals surface area contributed by atoms with E-state index in [-0.39, 0.29) is 18.0 Å². The first-order valence-electron chi connectivity index (χ1n) is 7.35. The van der Waals surface area contributed by atoms with Crippen LogP contribution in [0.4, 0.5) is 0 Å². The maximum Gasteiger partial charge on any atom is 0.254 e. The second-order valence-electron chi connectivity index (χ2n) is 5.54. The van der Waals surface area contributed by atoms with Crippen molar-refractivity contribution >= 4 is 17.5 Å². The molecule has 2 atom stereocenters. The fourth-order valence-corrected chi connectivity index (χ4v) is 3.09. The van der Waals surface area contributed by atoms with Crippen LogP contribution in [0, 0.1) is 11.8 Å². The standard InChI is InChI=1S/C17H21ClN2O/c1-12-5-3-6-13(2)20(12)17(21)15-9-8-14(7-4-10-19)16(18)11-15/h8-9,11-13H,3,5-6,10,19H2,1-2H3/t12-,13+. The number of rotatable bonds is 1. The molecule has 1 heterocycles. The lowest BCUT2D eigenvalue weighted by molar-refractivity contribution is 0.0511. The molecule has 1 amide bonds. The van der Waals surface area contributed by atoms with Crippen LogP contribution in [0.5, 0.6) is 0 Å². The van der Waals surface area contributed by atoms with Gasteiger partial charge in [0, 0.05) is 23.2 Å². The molecule has 112 valence electrons. The van der Waals surface area contributed by atoms with E-state index < -0.39 is 0 Å². The average Bonchev–Trinajstić information content (AvgIpc) is 2.45. The van der Waals surface area contributed by atoms with Gasteiger partial charge in [-0.3, -0.25) is 4.79 Å². The van der Waals surface area contributed by atoms with Crippen LogP contribution in [-0.4, -0.2) is 29.4 Å². The van der Waals surface area contributed by atoms with Crippen LogP contribution in [0.15, 0.2) is 18.2 Å². The lowest BCUT2D eigenvalue weighted by Crippen LogP contribution is -2.47. The van der Waals surface area contributed by atoms with E-state index >= 15 is 0 Å². The zero-order valence-corrected chi connectivity index (χ0v) is 13.3. The molecular weight excluding hydrogens is 284 g/mol. The van der Waals surface area contributed by atoms with Gasteiger partial charge in [0.25, 0.3) is 5.91 Å². The number of benzene rings is 1. The number of hydrogen-bond donors (Lipinski definition) is 1. The quantitative estimate of drug-likeness (QED) is 0.811. The molecule has 0 bridgehead atoms. The Balaban J connectivity index is 2.25. The molecule has 1 aromatic carbocycles.